The lowest BCUT2D eigenvalue weighted by Crippen LogP contribution is -2.35. The molecule has 2 aliphatic heterocycles. The van der Waals surface area contributed by atoms with E-state index in [1.807, 2.05) is 19.0 Å². The van der Waals surface area contributed by atoms with Crippen LogP contribution in [0.1, 0.15) is 10.4 Å². The molecule has 2 aliphatic rings. The molecule has 0 aromatic heterocycles. The molecule has 0 saturated heterocycles. The van der Waals surface area contributed by atoms with Crippen LogP contribution >= 0.6 is 22.2 Å². The Hall–Kier alpha value is -3.15. The van der Waals surface area contributed by atoms with Gasteiger partial charge in [0.25, 0.3) is 11.8 Å². The first-order valence-electron chi connectivity index (χ1n) is 8.97. The number of carbonyl (C=O) groups is 4. The van der Waals surface area contributed by atoms with Crippen molar-refractivity contribution in [1.29, 1.82) is 0 Å². The number of benzene rings is 1. The fourth-order valence-electron chi connectivity index (χ4n) is 2.47. The van der Waals surface area contributed by atoms with Crippen molar-refractivity contribution in [3.63, 3.8) is 0 Å². The van der Waals surface area contributed by atoms with E-state index in [1.165, 1.54) is 12.1 Å². The van der Waals surface area contributed by atoms with E-state index < -0.39 is 34.3 Å². The average molecular weight is 467 g/mol. The minimum absolute atomic E-state index is 0.155. The fraction of sp³-hybridized carbons (Fsp3) is 0.211. The molecule has 0 saturated carbocycles. The highest BCUT2D eigenvalue weighted by Crippen LogP contribution is 2.57. The Morgan fingerprint density at radius 2 is 1.81 bits per heavy atom. The smallest absolute Gasteiger partial charge is 0.349 e. The molecule has 31 heavy (non-hydrogen) atoms. The second-order valence-electron chi connectivity index (χ2n) is 6.63. The molecule has 1 spiro atoms. The fourth-order valence-corrected chi connectivity index (χ4v) is 4.57. The van der Waals surface area contributed by atoms with E-state index in [-0.39, 0.29) is 16.4 Å². The predicted molar refractivity (Wildman–Crippen MR) is 115 cm³/mol. The van der Waals surface area contributed by atoms with E-state index in [4.69, 9.17) is 20.0 Å². The van der Waals surface area contributed by atoms with Gasteiger partial charge >= 0.3 is 11.9 Å². The number of nitrogens with zero attached hydrogens (tertiary/aromatic N) is 2. The van der Waals surface area contributed by atoms with Crippen molar-refractivity contribution in [3.8, 4) is 0 Å². The minimum atomic E-state index is -3.30. The van der Waals surface area contributed by atoms with Crippen LogP contribution in [-0.2, 0) is 22.7 Å². The number of hydrogen-bond donors (Lipinski definition) is 2. The summed E-state index contributed by atoms with van der Waals surface area (Å²) in [6.07, 6.45) is 1.78. The number of hydrogen-bond acceptors (Lipinski definition) is 8. The molecule has 10 nitrogen and oxygen atoms in total. The normalized spacial score (nSPS) is 17.9. The van der Waals surface area contributed by atoms with Crippen molar-refractivity contribution in [3.05, 3.63) is 58.1 Å². The zero-order valence-electron chi connectivity index (χ0n) is 16.6. The number of amidine groups is 1. The van der Waals surface area contributed by atoms with E-state index in [9.17, 15) is 19.2 Å². The zero-order valence-corrected chi connectivity index (χ0v) is 18.2. The van der Waals surface area contributed by atoms with Crippen LogP contribution in [0.2, 0.25) is 5.02 Å². The number of aliphatic imine (C=N–C) groups is 1. The second-order valence-corrected chi connectivity index (χ2v) is 9.11. The van der Waals surface area contributed by atoms with Crippen molar-refractivity contribution in [2.24, 2.45) is 4.99 Å². The van der Waals surface area contributed by atoms with Crippen LogP contribution in [0.5, 0.6) is 0 Å². The third-order valence-electron chi connectivity index (χ3n) is 3.91. The quantitative estimate of drug-likeness (QED) is 0.668. The first-order chi connectivity index (χ1) is 14.7. The molecule has 0 aliphatic carbocycles. The zero-order chi connectivity index (χ0) is 22.6. The summed E-state index contributed by atoms with van der Waals surface area (Å²) in [6.45, 7) is 0.902. The van der Waals surface area contributed by atoms with Gasteiger partial charge in [-0.25, -0.2) is 14.6 Å². The summed E-state index contributed by atoms with van der Waals surface area (Å²) in [4.78, 5) is 55.2. The summed E-state index contributed by atoms with van der Waals surface area (Å²) in [5.41, 5.74) is 0.0377. The molecule has 164 valence electrons. The summed E-state index contributed by atoms with van der Waals surface area (Å²) in [6, 6.07) is 6.10. The molecule has 12 heteroatoms. The van der Waals surface area contributed by atoms with Gasteiger partial charge in [-0.15, -0.1) is 0 Å². The number of likely N-dealkylation sites (N-methyl/N-ethyl adjacent to an activating group) is 1. The Bertz CT molecular complexity index is 1020. The molecule has 0 radical (unpaired) electrons. The van der Waals surface area contributed by atoms with E-state index in [0.717, 1.165) is 17.6 Å². The molecule has 0 atom stereocenters. The predicted octanol–water partition coefficient (Wildman–Crippen LogP) is 1.25. The van der Waals surface area contributed by atoms with Crippen molar-refractivity contribution in [2.45, 2.75) is 0 Å². The first-order valence-corrected chi connectivity index (χ1v) is 10.9. The molecule has 2 heterocycles. The maximum absolute atomic E-state index is 12.7. The summed E-state index contributed by atoms with van der Waals surface area (Å²) in [7, 11) is 0.396. The molecule has 0 unspecified atom stereocenters. The van der Waals surface area contributed by atoms with Gasteiger partial charge < -0.3 is 18.6 Å². The highest BCUT2D eigenvalue weighted by molar-refractivity contribution is 8.41. The molecule has 0 fully saturated rings. The number of rotatable bonds is 5. The minimum Gasteiger partial charge on any atom is -0.349 e. The largest absolute Gasteiger partial charge is 0.354 e. The number of amides is 2. The maximum Gasteiger partial charge on any atom is 0.354 e. The van der Waals surface area contributed by atoms with Crippen LogP contribution in [0, 0.1) is 0 Å². The lowest BCUT2D eigenvalue weighted by atomic mass is 10.2. The van der Waals surface area contributed by atoms with Gasteiger partial charge in [-0.3, -0.25) is 14.9 Å². The highest BCUT2D eigenvalue weighted by Gasteiger charge is 2.41. The van der Waals surface area contributed by atoms with Crippen LogP contribution in [0.3, 0.4) is 0 Å². The summed E-state index contributed by atoms with van der Waals surface area (Å²) >= 11 is 5.92. The van der Waals surface area contributed by atoms with Gasteiger partial charge in [0.1, 0.15) is 5.70 Å². The molecular formula is C19H19ClN4O6S. The maximum atomic E-state index is 12.7. The van der Waals surface area contributed by atoms with E-state index >= 15 is 0 Å². The molecule has 1 aromatic carbocycles. The Kier molecular flexibility index (Phi) is 6.78. The third-order valence-corrected chi connectivity index (χ3v) is 6.23. The monoisotopic (exact) mass is 466 g/mol. The summed E-state index contributed by atoms with van der Waals surface area (Å²) < 4.78 is 10.6. The van der Waals surface area contributed by atoms with Crippen molar-refractivity contribution in [2.75, 3.05) is 27.2 Å². The lowest BCUT2D eigenvalue weighted by Gasteiger charge is -2.34. The number of carbonyl (C=O) groups excluding carboxylic acids is 4. The van der Waals surface area contributed by atoms with Crippen LogP contribution in [0.4, 0.5) is 0 Å². The van der Waals surface area contributed by atoms with Crippen molar-refractivity contribution >= 4 is 51.1 Å². The van der Waals surface area contributed by atoms with Gasteiger partial charge in [-0.05, 0) is 42.9 Å². The molecule has 2 amide bonds. The molecule has 0 bridgehead atoms. The van der Waals surface area contributed by atoms with Gasteiger partial charge in [0.15, 0.2) is 0 Å². The standard InChI is InChI=1S/C19H19ClN4O6S/c1-24(2)9-8-21-18(28)14-11-31(29-15(25)6-7-16(26)30-31)19(22-14)23-17(27)12-4-3-5-13(20)10-12/h3-7,10-11H,8-9H2,1-2H3,(H,21,28)(H,22,23,27). The van der Waals surface area contributed by atoms with E-state index in [0.29, 0.717) is 18.1 Å². The number of halogens is 1. The van der Waals surface area contributed by atoms with Crippen LogP contribution in [-0.4, -0.2) is 61.0 Å². The van der Waals surface area contributed by atoms with Gasteiger partial charge in [0, 0.05) is 35.8 Å². The first kappa shape index (κ1) is 22.5. The Labute approximate surface area is 184 Å². The Balaban J connectivity index is 1.89. The van der Waals surface area contributed by atoms with E-state index in [1.54, 1.807) is 12.1 Å². The van der Waals surface area contributed by atoms with Gasteiger partial charge in [-0.1, -0.05) is 17.7 Å². The Morgan fingerprint density at radius 1 is 1.13 bits per heavy atom. The van der Waals surface area contributed by atoms with Gasteiger partial charge in [-0.2, -0.15) is 0 Å². The summed E-state index contributed by atoms with van der Waals surface area (Å²) in [5, 5.41) is 6.35. The topological polar surface area (TPSA) is 126 Å². The van der Waals surface area contributed by atoms with Gasteiger partial charge in [0.2, 0.25) is 5.17 Å². The van der Waals surface area contributed by atoms with Crippen LogP contribution in [0.25, 0.3) is 0 Å². The molecule has 2 N–H and O–H groups in total. The van der Waals surface area contributed by atoms with Crippen molar-refractivity contribution in [1.82, 2.24) is 15.5 Å². The molecular weight excluding hydrogens is 448 g/mol. The van der Waals surface area contributed by atoms with Crippen LogP contribution < -0.4 is 10.6 Å². The number of nitrogens with one attached hydrogen (secondary N) is 2. The SMILES string of the molecule is CN(C)CCNC(=O)C1=CS2(OC(=O)C=CC(=O)O2)C(NC(=O)c2cccc(Cl)c2)=N1. The lowest BCUT2D eigenvalue weighted by molar-refractivity contribution is -0.129. The second kappa shape index (κ2) is 9.33. The molecule has 1 aromatic rings. The van der Waals surface area contributed by atoms with E-state index in [2.05, 4.69) is 15.6 Å². The van der Waals surface area contributed by atoms with Gasteiger partial charge in [0.05, 0.1) is 5.41 Å². The highest BCUT2D eigenvalue weighted by atomic mass is 35.5. The third kappa shape index (κ3) is 5.51. The van der Waals surface area contributed by atoms with Crippen LogP contribution in [0.15, 0.2) is 52.5 Å². The molecule has 3 rings (SSSR count). The average Bonchev–Trinajstić information content (AvgIpc) is 2.95. The van der Waals surface area contributed by atoms with Crippen molar-refractivity contribution < 1.29 is 27.5 Å². The Morgan fingerprint density at radius 3 is 2.42 bits per heavy atom. The summed E-state index contributed by atoms with van der Waals surface area (Å²) in [5.74, 6) is -2.97.